The molecule has 0 spiro atoms. The van der Waals surface area contributed by atoms with Gasteiger partial charge >= 0.3 is 12.0 Å². The van der Waals surface area contributed by atoms with E-state index in [1.807, 2.05) is 36.4 Å². The van der Waals surface area contributed by atoms with Crippen molar-refractivity contribution in [1.82, 2.24) is 10.2 Å². The smallest absolute Gasteiger partial charge is 0.335 e. The van der Waals surface area contributed by atoms with Crippen LogP contribution in [0.5, 0.6) is 0 Å². The van der Waals surface area contributed by atoms with Crippen molar-refractivity contribution in [2.75, 3.05) is 25.0 Å². The summed E-state index contributed by atoms with van der Waals surface area (Å²) in [6, 6.07) is 19.6. The highest BCUT2D eigenvalue weighted by Crippen LogP contribution is 2.49. The lowest BCUT2D eigenvalue weighted by Gasteiger charge is -2.42. The molecule has 39 heavy (non-hydrogen) atoms. The van der Waals surface area contributed by atoms with Crippen LogP contribution in [0.1, 0.15) is 39.9 Å². The number of anilines is 1. The summed E-state index contributed by atoms with van der Waals surface area (Å²) < 4.78 is 0. The Morgan fingerprint density at radius 1 is 1.03 bits per heavy atom. The van der Waals surface area contributed by atoms with Crippen LogP contribution in [-0.4, -0.2) is 47.5 Å². The summed E-state index contributed by atoms with van der Waals surface area (Å²) in [5, 5.41) is 16.3. The van der Waals surface area contributed by atoms with Gasteiger partial charge in [-0.3, -0.25) is 4.79 Å². The molecule has 1 saturated heterocycles. The molecule has 2 heterocycles. The molecular weight excluding hydrogens is 537 g/mol. The van der Waals surface area contributed by atoms with Gasteiger partial charge in [-0.15, -0.1) is 0 Å². The number of hydrogen-bond acceptors (Lipinski definition) is 3. The van der Waals surface area contributed by atoms with Crippen molar-refractivity contribution in [2.45, 2.75) is 31.1 Å². The van der Waals surface area contributed by atoms with E-state index in [1.54, 1.807) is 35.2 Å². The number of nitrogens with one attached hydrogen (secondary N) is 2. The molecule has 3 aromatic rings. The molecule has 0 aromatic heterocycles. The molecule has 3 amide bonds. The van der Waals surface area contributed by atoms with Crippen LogP contribution in [0.25, 0.3) is 0 Å². The summed E-state index contributed by atoms with van der Waals surface area (Å²) in [4.78, 5) is 39.8. The fourth-order valence-electron chi connectivity index (χ4n) is 5.86. The van der Waals surface area contributed by atoms with E-state index in [4.69, 9.17) is 28.3 Å². The zero-order valence-corrected chi connectivity index (χ0v) is 22.8. The SMILES string of the molecule is O=C(O)c1ccc(CCNC(=O)N2CCCC(C3(Cc4cccc(Cl)c4)C(=O)Nc4cc(Cl)ccc43)C2)cc1. The zero-order valence-electron chi connectivity index (χ0n) is 21.3. The number of aromatic carboxylic acids is 1. The fraction of sp³-hybridized carbons (Fsp3) is 0.300. The highest BCUT2D eigenvalue weighted by molar-refractivity contribution is 6.31. The van der Waals surface area contributed by atoms with Crippen molar-refractivity contribution in [3.8, 4) is 0 Å². The van der Waals surface area contributed by atoms with Crippen LogP contribution in [0, 0.1) is 5.92 Å². The maximum absolute atomic E-state index is 13.8. The number of carbonyl (C=O) groups is 3. The average molecular weight is 566 g/mol. The first-order valence-electron chi connectivity index (χ1n) is 13.0. The van der Waals surface area contributed by atoms with Gasteiger partial charge in [-0.1, -0.05) is 53.5 Å². The minimum Gasteiger partial charge on any atom is -0.478 e. The lowest BCUT2D eigenvalue weighted by Crippen LogP contribution is -2.54. The summed E-state index contributed by atoms with van der Waals surface area (Å²) >= 11 is 12.5. The Morgan fingerprint density at radius 2 is 1.79 bits per heavy atom. The Kier molecular flexibility index (Phi) is 7.82. The van der Waals surface area contributed by atoms with Gasteiger partial charge in [0.25, 0.3) is 0 Å². The summed E-state index contributed by atoms with van der Waals surface area (Å²) in [5.74, 6) is -1.16. The Bertz CT molecular complexity index is 1410. The van der Waals surface area contributed by atoms with Crippen molar-refractivity contribution < 1.29 is 19.5 Å². The first-order valence-corrected chi connectivity index (χ1v) is 13.7. The van der Waals surface area contributed by atoms with Crippen LogP contribution < -0.4 is 10.6 Å². The normalized spacial score (nSPS) is 20.3. The molecule has 3 N–H and O–H groups in total. The van der Waals surface area contributed by atoms with Gasteiger partial charge in [0.15, 0.2) is 0 Å². The maximum Gasteiger partial charge on any atom is 0.335 e. The van der Waals surface area contributed by atoms with Gasteiger partial charge in [0.2, 0.25) is 5.91 Å². The van der Waals surface area contributed by atoms with Gasteiger partial charge in [0.1, 0.15) is 0 Å². The molecule has 5 rings (SSSR count). The van der Waals surface area contributed by atoms with E-state index in [0.29, 0.717) is 48.2 Å². The van der Waals surface area contributed by atoms with Crippen LogP contribution in [0.2, 0.25) is 10.0 Å². The van der Waals surface area contributed by atoms with Crippen molar-refractivity contribution >= 4 is 46.8 Å². The van der Waals surface area contributed by atoms with Gasteiger partial charge in [0, 0.05) is 35.4 Å². The predicted molar refractivity (Wildman–Crippen MR) is 152 cm³/mol. The number of carbonyl (C=O) groups excluding carboxylic acids is 2. The van der Waals surface area contributed by atoms with E-state index in [0.717, 1.165) is 29.5 Å². The predicted octanol–water partition coefficient (Wildman–Crippen LogP) is 5.79. The first kappa shape index (κ1) is 27.0. The molecule has 0 saturated carbocycles. The lowest BCUT2D eigenvalue weighted by molar-refractivity contribution is -0.123. The third kappa shape index (κ3) is 5.60. The van der Waals surface area contributed by atoms with Gasteiger partial charge in [-0.2, -0.15) is 0 Å². The second-order valence-corrected chi connectivity index (χ2v) is 11.1. The number of rotatable bonds is 7. The molecule has 0 bridgehead atoms. The number of carboxylic acid groups (broad SMARTS) is 1. The largest absolute Gasteiger partial charge is 0.478 e. The number of nitrogens with zero attached hydrogens (tertiary/aromatic N) is 1. The summed E-state index contributed by atoms with van der Waals surface area (Å²) in [6.45, 7) is 1.47. The lowest BCUT2D eigenvalue weighted by atomic mass is 9.65. The quantitative estimate of drug-likeness (QED) is 0.337. The molecule has 3 aromatic carbocycles. The van der Waals surface area contributed by atoms with Crippen LogP contribution >= 0.6 is 23.2 Å². The van der Waals surface area contributed by atoms with Crippen LogP contribution in [-0.2, 0) is 23.1 Å². The van der Waals surface area contributed by atoms with E-state index in [9.17, 15) is 14.4 Å². The number of hydrogen-bond donors (Lipinski definition) is 3. The standard InChI is InChI=1S/C30H29Cl2N3O4/c31-23-5-1-3-20(15-23)17-30(25-11-10-24(32)16-26(25)34-28(30)38)22-4-2-14-35(18-22)29(39)33-13-12-19-6-8-21(9-7-19)27(36)37/h1,3,5-11,15-16,22H,2,4,12-14,17-18H2,(H,33,39)(H,34,38)(H,36,37). The molecule has 2 unspecified atom stereocenters. The number of amides is 3. The molecule has 9 heteroatoms. The molecule has 2 aliphatic rings. The summed E-state index contributed by atoms with van der Waals surface area (Å²) in [7, 11) is 0. The van der Waals surface area contributed by atoms with Crippen molar-refractivity contribution in [1.29, 1.82) is 0 Å². The van der Waals surface area contributed by atoms with Gasteiger partial charge in [-0.25, -0.2) is 9.59 Å². The molecule has 0 radical (unpaired) electrons. The van der Waals surface area contributed by atoms with Gasteiger partial charge in [-0.05, 0) is 84.7 Å². The van der Waals surface area contributed by atoms with E-state index in [2.05, 4.69) is 10.6 Å². The summed E-state index contributed by atoms with van der Waals surface area (Å²) in [5.41, 5.74) is 2.87. The van der Waals surface area contributed by atoms with Crippen molar-refractivity contribution in [3.05, 3.63) is 99.0 Å². The topological polar surface area (TPSA) is 98.7 Å². The third-order valence-electron chi connectivity index (χ3n) is 7.78. The Morgan fingerprint density at radius 3 is 2.54 bits per heavy atom. The number of fused-ring (bicyclic) bond motifs is 1. The molecule has 202 valence electrons. The van der Waals surface area contributed by atoms with Crippen LogP contribution in [0.4, 0.5) is 10.5 Å². The van der Waals surface area contributed by atoms with Gasteiger partial charge in [0.05, 0.1) is 11.0 Å². The minimum absolute atomic E-state index is 0.0863. The Balaban J connectivity index is 1.33. The number of piperidine rings is 1. The molecular formula is C30H29Cl2N3O4. The Labute approximate surface area is 237 Å². The second kappa shape index (κ2) is 11.3. The zero-order chi connectivity index (χ0) is 27.6. The average Bonchev–Trinajstić information content (AvgIpc) is 3.19. The number of halogens is 2. The van der Waals surface area contributed by atoms with Crippen molar-refractivity contribution in [3.63, 3.8) is 0 Å². The van der Waals surface area contributed by atoms with Crippen LogP contribution in [0.3, 0.4) is 0 Å². The second-order valence-electron chi connectivity index (χ2n) is 10.2. The molecule has 2 aliphatic heterocycles. The summed E-state index contributed by atoms with van der Waals surface area (Å²) in [6.07, 6.45) is 2.62. The van der Waals surface area contributed by atoms with E-state index < -0.39 is 11.4 Å². The number of carboxylic acids is 1. The highest BCUT2D eigenvalue weighted by atomic mass is 35.5. The first-order chi connectivity index (χ1) is 18.8. The van der Waals surface area contributed by atoms with Crippen molar-refractivity contribution in [2.24, 2.45) is 5.92 Å². The third-order valence-corrected chi connectivity index (χ3v) is 8.25. The molecule has 7 nitrogen and oxygen atoms in total. The Hall–Kier alpha value is -3.55. The maximum atomic E-state index is 13.8. The van der Waals surface area contributed by atoms with E-state index >= 15 is 0 Å². The monoisotopic (exact) mass is 565 g/mol. The number of benzene rings is 3. The van der Waals surface area contributed by atoms with Gasteiger partial charge < -0.3 is 20.6 Å². The fourth-order valence-corrected chi connectivity index (χ4v) is 6.25. The minimum atomic E-state index is -0.968. The number of urea groups is 1. The highest BCUT2D eigenvalue weighted by Gasteiger charge is 2.53. The number of likely N-dealkylation sites (tertiary alicyclic amines) is 1. The van der Waals surface area contributed by atoms with E-state index in [1.165, 1.54) is 0 Å². The van der Waals surface area contributed by atoms with E-state index in [-0.39, 0.29) is 23.4 Å². The molecule has 1 fully saturated rings. The molecule has 2 atom stereocenters. The molecule has 0 aliphatic carbocycles. The van der Waals surface area contributed by atoms with Crippen LogP contribution in [0.15, 0.2) is 66.7 Å².